The van der Waals surface area contributed by atoms with Crippen molar-refractivity contribution in [2.24, 2.45) is 0 Å². The Morgan fingerprint density at radius 3 is 2.72 bits per heavy atom. The van der Waals surface area contributed by atoms with Crippen LogP contribution in [0.2, 0.25) is 0 Å². The SMILES string of the molecule is N#Cc1cccc(C(=O)/C=C/c2ccncc2)c1. The van der Waals surface area contributed by atoms with Crippen LogP contribution in [-0.4, -0.2) is 10.8 Å². The van der Waals surface area contributed by atoms with E-state index >= 15 is 0 Å². The average Bonchev–Trinajstić information content (AvgIpc) is 2.46. The number of hydrogen-bond donors (Lipinski definition) is 0. The van der Waals surface area contributed by atoms with Gasteiger partial charge in [0.2, 0.25) is 0 Å². The summed E-state index contributed by atoms with van der Waals surface area (Å²) >= 11 is 0. The van der Waals surface area contributed by atoms with Gasteiger partial charge in [-0.25, -0.2) is 0 Å². The van der Waals surface area contributed by atoms with Gasteiger partial charge in [-0.3, -0.25) is 9.78 Å². The molecule has 2 rings (SSSR count). The van der Waals surface area contributed by atoms with Crippen LogP contribution in [-0.2, 0) is 0 Å². The largest absolute Gasteiger partial charge is 0.289 e. The van der Waals surface area contributed by atoms with Crippen molar-refractivity contribution in [2.75, 3.05) is 0 Å². The highest BCUT2D eigenvalue weighted by atomic mass is 16.1. The molecule has 0 radical (unpaired) electrons. The third-order valence-corrected chi connectivity index (χ3v) is 2.41. The molecule has 86 valence electrons. The Bertz CT molecular complexity index is 624. The van der Waals surface area contributed by atoms with Gasteiger partial charge in [-0.15, -0.1) is 0 Å². The summed E-state index contributed by atoms with van der Waals surface area (Å²) in [6.07, 6.45) is 6.55. The Kier molecular flexibility index (Phi) is 3.62. The normalized spacial score (nSPS) is 10.2. The lowest BCUT2D eigenvalue weighted by Crippen LogP contribution is -1.94. The minimum Gasteiger partial charge on any atom is -0.289 e. The quantitative estimate of drug-likeness (QED) is 0.606. The van der Waals surface area contributed by atoms with Gasteiger partial charge in [0.05, 0.1) is 11.6 Å². The topological polar surface area (TPSA) is 53.8 Å². The van der Waals surface area contributed by atoms with Gasteiger partial charge in [0.25, 0.3) is 0 Å². The summed E-state index contributed by atoms with van der Waals surface area (Å²) < 4.78 is 0. The number of rotatable bonds is 3. The standard InChI is InChI=1S/C15H10N2O/c16-11-13-2-1-3-14(10-13)15(18)5-4-12-6-8-17-9-7-12/h1-10H/b5-4+. The van der Waals surface area contributed by atoms with E-state index in [-0.39, 0.29) is 5.78 Å². The van der Waals surface area contributed by atoms with Crippen molar-refractivity contribution in [3.63, 3.8) is 0 Å². The predicted octanol–water partition coefficient (Wildman–Crippen LogP) is 2.85. The summed E-state index contributed by atoms with van der Waals surface area (Å²) in [5.74, 6) is -0.121. The van der Waals surface area contributed by atoms with E-state index in [1.54, 1.807) is 42.7 Å². The van der Waals surface area contributed by atoms with Crippen molar-refractivity contribution < 1.29 is 4.79 Å². The minimum absolute atomic E-state index is 0.121. The first-order chi connectivity index (χ1) is 8.79. The molecule has 1 aromatic heterocycles. The Morgan fingerprint density at radius 1 is 1.22 bits per heavy atom. The van der Waals surface area contributed by atoms with Crippen LogP contribution in [0.3, 0.4) is 0 Å². The maximum Gasteiger partial charge on any atom is 0.185 e. The van der Waals surface area contributed by atoms with Crippen LogP contribution in [0.4, 0.5) is 0 Å². The Labute approximate surface area is 105 Å². The predicted molar refractivity (Wildman–Crippen MR) is 68.8 cm³/mol. The molecule has 0 saturated carbocycles. The summed E-state index contributed by atoms with van der Waals surface area (Å²) in [7, 11) is 0. The zero-order valence-electron chi connectivity index (χ0n) is 9.58. The van der Waals surface area contributed by atoms with Gasteiger partial charge in [-0.2, -0.15) is 5.26 Å². The zero-order valence-corrected chi connectivity index (χ0v) is 9.58. The number of nitriles is 1. The van der Waals surface area contributed by atoms with Crippen molar-refractivity contribution in [1.82, 2.24) is 4.98 Å². The van der Waals surface area contributed by atoms with Crippen molar-refractivity contribution in [1.29, 1.82) is 5.26 Å². The first-order valence-corrected chi connectivity index (χ1v) is 5.42. The molecule has 0 N–H and O–H groups in total. The average molecular weight is 234 g/mol. The fourth-order valence-electron chi connectivity index (χ4n) is 1.48. The smallest absolute Gasteiger partial charge is 0.185 e. The molecule has 2 aromatic rings. The third-order valence-electron chi connectivity index (χ3n) is 2.41. The first kappa shape index (κ1) is 11.7. The molecule has 0 atom stereocenters. The van der Waals surface area contributed by atoms with Gasteiger partial charge in [-0.1, -0.05) is 18.2 Å². The molecule has 0 fully saturated rings. The van der Waals surface area contributed by atoms with Gasteiger partial charge in [0, 0.05) is 18.0 Å². The van der Waals surface area contributed by atoms with Crippen molar-refractivity contribution >= 4 is 11.9 Å². The summed E-state index contributed by atoms with van der Waals surface area (Å²) in [4.78, 5) is 15.8. The molecule has 0 aliphatic carbocycles. The monoisotopic (exact) mass is 234 g/mol. The van der Waals surface area contributed by atoms with E-state index in [9.17, 15) is 4.79 Å². The van der Waals surface area contributed by atoms with Gasteiger partial charge in [0.15, 0.2) is 5.78 Å². The second kappa shape index (κ2) is 5.55. The van der Waals surface area contributed by atoms with Gasteiger partial charge in [-0.05, 0) is 35.9 Å². The fraction of sp³-hybridized carbons (Fsp3) is 0. The molecule has 0 aliphatic heterocycles. The number of benzene rings is 1. The van der Waals surface area contributed by atoms with Gasteiger partial charge < -0.3 is 0 Å². The van der Waals surface area contributed by atoms with Crippen LogP contribution in [0.25, 0.3) is 6.08 Å². The lowest BCUT2D eigenvalue weighted by Gasteiger charge is -1.96. The van der Waals surface area contributed by atoms with E-state index in [1.807, 2.05) is 18.2 Å². The number of carbonyl (C=O) groups is 1. The van der Waals surface area contributed by atoms with E-state index in [0.717, 1.165) is 5.56 Å². The van der Waals surface area contributed by atoms with E-state index in [4.69, 9.17) is 5.26 Å². The molecular weight excluding hydrogens is 224 g/mol. The first-order valence-electron chi connectivity index (χ1n) is 5.42. The number of carbonyl (C=O) groups excluding carboxylic acids is 1. The number of pyridine rings is 1. The summed E-state index contributed by atoms with van der Waals surface area (Å²) in [5.41, 5.74) is 1.91. The summed E-state index contributed by atoms with van der Waals surface area (Å²) in [6, 6.07) is 12.3. The number of aromatic nitrogens is 1. The van der Waals surface area contributed by atoms with Crippen LogP contribution in [0.1, 0.15) is 21.5 Å². The summed E-state index contributed by atoms with van der Waals surface area (Å²) in [5, 5.41) is 8.77. The Hall–Kier alpha value is -2.73. The van der Waals surface area contributed by atoms with Gasteiger partial charge in [0.1, 0.15) is 0 Å². The molecule has 0 bridgehead atoms. The lowest BCUT2D eigenvalue weighted by atomic mass is 10.1. The number of nitrogens with zero attached hydrogens (tertiary/aromatic N) is 2. The maximum absolute atomic E-state index is 11.9. The molecule has 18 heavy (non-hydrogen) atoms. The van der Waals surface area contributed by atoms with Gasteiger partial charge >= 0.3 is 0 Å². The molecule has 0 saturated heterocycles. The van der Waals surface area contributed by atoms with Crippen molar-refractivity contribution in [2.45, 2.75) is 0 Å². The van der Waals surface area contributed by atoms with Crippen LogP contribution in [0.15, 0.2) is 54.9 Å². The Balaban J connectivity index is 2.18. The van der Waals surface area contributed by atoms with E-state index < -0.39 is 0 Å². The molecule has 3 nitrogen and oxygen atoms in total. The lowest BCUT2D eigenvalue weighted by molar-refractivity contribution is 0.104. The van der Waals surface area contributed by atoms with Crippen LogP contribution in [0, 0.1) is 11.3 Å². The molecule has 0 unspecified atom stereocenters. The summed E-state index contributed by atoms with van der Waals surface area (Å²) in [6.45, 7) is 0. The molecule has 1 heterocycles. The van der Waals surface area contributed by atoms with E-state index in [0.29, 0.717) is 11.1 Å². The molecule has 0 aliphatic rings. The zero-order chi connectivity index (χ0) is 12.8. The highest BCUT2D eigenvalue weighted by Gasteiger charge is 2.02. The van der Waals surface area contributed by atoms with Crippen LogP contribution >= 0.6 is 0 Å². The van der Waals surface area contributed by atoms with E-state index in [2.05, 4.69) is 4.98 Å². The molecule has 0 amide bonds. The van der Waals surface area contributed by atoms with Crippen LogP contribution in [0.5, 0.6) is 0 Å². The molecule has 3 heteroatoms. The van der Waals surface area contributed by atoms with Crippen molar-refractivity contribution in [3.05, 3.63) is 71.6 Å². The minimum atomic E-state index is -0.121. The number of ketones is 1. The number of allylic oxidation sites excluding steroid dienone is 1. The Morgan fingerprint density at radius 2 is 2.00 bits per heavy atom. The highest BCUT2D eigenvalue weighted by Crippen LogP contribution is 2.07. The highest BCUT2D eigenvalue weighted by molar-refractivity contribution is 6.06. The number of hydrogen-bond acceptors (Lipinski definition) is 3. The molecular formula is C15H10N2O. The second-order valence-electron chi connectivity index (χ2n) is 3.67. The van der Waals surface area contributed by atoms with E-state index in [1.165, 1.54) is 6.08 Å². The molecule has 0 spiro atoms. The molecule has 1 aromatic carbocycles. The third kappa shape index (κ3) is 2.89. The second-order valence-corrected chi connectivity index (χ2v) is 3.67. The van der Waals surface area contributed by atoms with Crippen LogP contribution < -0.4 is 0 Å². The maximum atomic E-state index is 11.9. The fourth-order valence-corrected chi connectivity index (χ4v) is 1.48. The van der Waals surface area contributed by atoms with Crippen molar-refractivity contribution in [3.8, 4) is 6.07 Å².